The summed E-state index contributed by atoms with van der Waals surface area (Å²) in [6.45, 7) is 1.22. The van der Waals surface area contributed by atoms with Crippen molar-refractivity contribution in [3.8, 4) is 17.0 Å². The lowest BCUT2D eigenvalue weighted by Crippen LogP contribution is -2.40. The first kappa shape index (κ1) is 17.9. The highest BCUT2D eigenvalue weighted by Gasteiger charge is 2.38. The predicted octanol–water partition coefficient (Wildman–Crippen LogP) is 3.22. The number of fused-ring (bicyclic) bond motifs is 2. The lowest BCUT2D eigenvalue weighted by atomic mass is 9.91. The van der Waals surface area contributed by atoms with E-state index in [4.69, 9.17) is 4.74 Å². The molecule has 2 aromatic heterocycles. The monoisotopic (exact) mass is 402 g/mol. The smallest absolute Gasteiger partial charge is 0.420 e. The molecular weight excluding hydrogens is 385 g/mol. The van der Waals surface area contributed by atoms with Crippen molar-refractivity contribution in [1.29, 1.82) is 0 Å². The minimum atomic E-state index is -4.53. The molecule has 0 amide bonds. The molecule has 1 aromatic carbocycles. The van der Waals surface area contributed by atoms with Gasteiger partial charge in [0.25, 0.3) is 0 Å². The zero-order valence-electron chi connectivity index (χ0n) is 15.4. The van der Waals surface area contributed by atoms with Crippen molar-refractivity contribution in [2.45, 2.75) is 18.7 Å². The van der Waals surface area contributed by atoms with Crippen molar-refractivity contribution in [1.82, 2.24) is 25.1 Å². The molecule has 3 aromatic rings. The molecule has 0 aliphatic carbocycles. The SMILES string of the molecule is Cn1cc(-c2ncnc3c2COc2c(cc(C4CNC4)cc2C(F)(F)F)N3)cn1. The number of benzene rings is 1. The van der Waals surface area contributed by atoms with Crippen LogP contribution in [0.3, 0.4) is 0 Å². The maximum atomic E-state index is 13.8. The van der Waals surface area contributed by atoms with Gasteiger partial charge in [0.05, 0.1) is 28.7 Å². The number of hydrogen-bond donors (Lipinski definition) is 2. The Morgan fingerprint density at radius 1 is 1.21 bits per heavy atom. The Morgan fingerprint density at radius 2 is 2.03 bits per heavy atom. The Bertz CT molecular complexity index is 1090. The number of nitrogens with one attached hydrogen (secondary N) is 2. The number of alkyl halides is 3. The van der Waals surface area contributed by atoms with Crippen LogP contribution in [0, 0.1) is 0 Å². The molecule has 5 rings (SSSR count). The maximum Gasteiger partial charge on any atom is 0.420 e. The van der Waals surface area contributed by atoms with Gasteiger partial charge in [0.1, 0.15) is 18.8 Å². The molecule has 2 aliphatic rings. The Morgan fingerprint density at radius 3 is 2.69 bits per heavy atom. The number of aromatic nitrogens is 4. The van der Waals surface area contributed by atoms with Crippen LogP contribution in [0.1, 0.15) is 22.6 Å². The number of halogens is 3. The fourth-order valence-electron chi connectivity index (χ4n) is 3.59. The van der Waals surface area contributed by atoms with E-state index in [0.29, 0.717) is 35.7 Å². The van der Waals surface area contributed by atoms with E-state index >= 15 is 0 Å². The molecule has 2 aliphatic heterocycles. The summed E-state index contributed by atoms with van der Waals surface area (Å²) in [5.74, 6) is 0.251. The van der Waals surface area contributed by atoms with Gasteiger partial charge in [0, 0.05) is 37.8 Å². The van der Waals surface area contributed by atoms with E-state index in [2.05, 4.69) is 25.7 Å². The van der Waals surface area contributed by atoms with Crippen LogP contribution in [0.5, 0.6) is 5.75 Å². The average molecular weight is 402 g/mol. The van der Waals surface area contributed by atoms with Gasteiger partial charge in [-0.05, 0) is 17.7 Å². The third-order valence-electron chi connectivity index (χ3n) is 5.21. The fraction of sp³-hybridized carbons (Fsp3) is 0.316. The zero-order valence-corrected chi connectivity index (χ0v) is 15.4. The Balaban J connectivity index is 1.62. The summed E-state index contributed by atoms with van der Waals surface area (Å²) in [6.07, 6.45) is 0.268. The van der Waals surface area contributed by atoms with E-state index in [1.165, 1.54) is 12.4 Å². The molecule has 150 valence electrons. The standard InChI is InChI=1S/C19H17F3N6O/c1-28-7-12(6-26-28)16-13-8-29-17-14(19(20,21)22)2-10(11-4-23-5-11)3-15(17)27-18(13)25-9-24-16/h2-3,6-7,9,11,23H,4-5,8H2,1H3,(H,24,25,27). The van der Waals surface area contributed by atoms with Crippen molar-refractivity contribution in [3.63, 3.8) is 0 Å². The number of hydrogen-bond acceptors (Lipinski definition) is 6. The van der Waals surface area contributed by atoms with Crippen LogP contribution in [-0.4, -0.2) is 32.8 Å². The highest BCUT2D eigenvalue weighted by atomic mass is 19.4. The second-order valence-corrected chi connectivity index (χ2v) is 7.16. The summed E-state index contributed by atoms with van der Waals surface area (Å²) in [5, 5.41) is 10.3. The van der Waals surface area contributed by atoms with Gasteiger partial charge in [-0.15, -0.1) is 0 Å². The van der Waals surface area contributed by atoms with Gasteiger partial charge in [-0.2, -0.15) is 18.3 Å². The molecule has 0 radical (unpaired) electrons. The van der Waals surface area contributed by atoms with E-state index in [1.807, 2.05) is 0 Å². The summed E-state index contributed by atoms with van der Waals surface area (Å²) in [7, 11) is 1.78. The topological polar surface area (TPSA) is 76.9 Å². The molecule has 0 atom stereocenters. The molecule has 1 fully saturated rings. The van der Waals surface area contributed by atoms with E-state index in [9.17, 15) is 13.2 Å². The molecule has 7 nitrogen and oxygen atoms in total. The van der Waals surface area contributed by atoms with Crippen LogP contribution in [0.15, 0.2) is 30.9 Å². The van der Waals surface area contributed by atoms with E-state index in [0.717, 1.165) is 5.56 Å². The first-order valence-electron chi connectivity index (χ1n) is 9.08. The lowest BCUT2D eigenvalue weighted by molar-refractivity contribution is -0.139. The van der Waals surface area contributed by atoms with E-state index < -0.39 is 11.7 Å². The summed E-state index contributed by atoms with van der Waals surface area (Å²) in [5.41, 5.74) is 1.98. The molecule has 0 unspecified atom stereocenters. The lowest BCUT2D eigenvalue weighted by Gasteiger charge is -2.29. The van der Waals surface area contributed by atoms with Gasteiger partial charge in [0.2, 0.25) is 0 Å². The molecule has 2 N–H and O–H groups in total. The molecule has 4 heterocycles. The number of rotatable bonds is 2. The van der Waals surface area contributed by atoms with Crippen molar-refractivity contribution >= 4 is 11.5 Å². The van der Waals surface area contributed by atoms with Crippen LogP contribution >= 0.6 is 0 Å². The summed E-state index contributed by atoms with van der Waals surface area (Å²) >= 11 is 0. The third kappa shape index (κ3) is 3.09. The van der Waals surface area contributed by atoms with Gasteiger partial charge in [-0.1, -0.05) is 0 Å². The highest BCUT2D eigenvalue weighted by Crippen LogP contribution is 2.46. The van der Waals surface area contributed by atoms with Gasteiger partial charge in [0.15, 0.2) is 5.75 Å². The minimum Gasteiger partial charge on any atom is -0.486 e. The molecule has 0 bridgehead atoms. The number of aryl methyl sites for hydroxylation is 1. The quantitative estimate of drug-likeness (QED) is 0.686. The van der Waals surface area contributed by atoms with Crippen molar-refractivity contribution in [3.05, 3.63) is 47.5 Å². The van der Waals surface area contributed by atoms with Gasteiger partial charge in [-0.3, -0.25) is 4.68 Å². The fourth-order valence-corrected chi connectivity index (χ4v) is 3.59. The molecule has 0 spiro atoms. The maximum absolute atomic E-state index is 13.8. The summed E-state index contributed by atoms with van der Waals surface area (Å²) < 4.78 is 48.7. The normalized spacial score (nSPS) is 16.1. The minimum absolute atomic E-state index is 0.0438. The molecular formula is C19H17F3N6O. The first-order valence-corrected chi connectivity index (χ1v) is 9.08. The van der Waals surface area contributed by atoms with Crippen molar-refractivity contribution < 1.29 is 17.9 Å². The Kier molecular flexibility index (Phi) is 3.98. The molecule has 0 saturated carbocycles. The number of anilines is 2. The largest absolute Gasteiger partial charge is 0.486 e. The second-order valence-electron chi connectivity index (χ2n) is 7.16. The van der Waals surface area contributed by atoms with Crippen LogP contribution in [0.25, 0.3) is 11.3 Å². The van der Waals surface area contributed by atoms with Crippen LogP contribution < -0.4 is 15.4 Å². The molecule has 29 heavy (non-hydrogen) atoms. The Labute approximate surface area is 163 Å². The van der Waals surface area contributed by atoms with Gasteiger partial charge < -0.3 is 15.4 Å². The predicted molar refractivity (Wildman–Crippen MR) is 98.9 cm³/mol. The highest BCUT2D eigenvalue weighted by molar-refractivity contribution is 5.75. The zero-order chi connectivity index (χ0) is 20.2. The molecule has 10 heteroatoms. The summed E-state index contributed by atoms with van der Waals surface area (Å²) in [4.78, 5) is 8.55. The Hall–Kier alpha value is -3.14. The van der Waals surface area contributed by atoms with E-state index in [-0.39, 0.29) is 24.0 Å². The molecule has 1 saturated heterocycles. The second kappa shape index (κ2) is 6.45. The van der Waals surface area contributed by atoms with Gasteiger partial charge >= 0.3 is 6.18 Å². The van der Waals surface area contributed by atoms with Crippen LogP contribution in [-0.2, 0) is 19.8 Å². The van der Waals surface area contributed by atoms with Crippen LogP contribution in [0.4, 0.5) is 24.7 Å². The van der Waals surface area contributed by atoms with E-state index in [1.54, 1.807) is 30.2 Å². The van der Waals surface area contributed by atoms with Crippen molar-refractivity contribution in [2.75, 3.05) is 18.4 Å². The van der Waals surface area contributed by atoms with Gasteiger partial charge in [-0.25, -0.2) is 9.97 Å². The van der Waals surface area contributed by atoms with Crippen molar-refractivity contribution in [2.24, 2.45) is 7.05 Å². The number of ether oxygens (including phenoxy) is 1. The first-order chi connectivity index (χ1) is 13.9. The summed E-state index contributed by atoms with van der Waals surface area (Å²) in [6, 6.07) is 2.91. The third-order valence-corrected chi connectivity index (χ3v) is 5.21. The average Bonchev–Trinajstić information content (AvgIpc) is 2.95. The number of nitrogens with zero attached hydrogens (tertiary/aromatic N) is 4. The van der Waals surface area contributed by atoms with Crippen LogP contribution in [0.2, 0.25) is 0 Å².